The number of nitrogens with zero attached hydrogens (tertiary/aromatic N) is 2. The van der Waals surface area contributed by atoms with Gasteiger partial charge in [0.15, 0.2) is 12.4 Å². The molecule has 28 heavy (non-hydrogen) atoms. The highest BCUT2D eigenvalue weighted by molar-refractivity contribution is 5.96. The molecule has 0 atom stereocenters. The van der Waals surface area contributed by atoms with Gasteiger partial charge in [0.1, 0.15) is 5.75 Å². The third kappa shape index (κ3) is 4.29. The Morgan fingerprint density at radius 2 is 1.64 bits per heavy atom. The van der Waals surface area contributed by atoms with Gasteiger partial charge in [0.2, 0.25) is 5.69 Å². The number of benzene rings is 2. The lowest BCUT2D eigenvalue weighted by atomic mass is 10.3. The maximum Gasteiger partial charge on any atom is 0.363 e. The number of carbonyl (C=O) groups excluding carboxylic acids is 2. The summed E-state index contributed by atoms with van der Waals surface area (Å²) in [5.74, 6) is -0.509. The molecule has 0 fully saturated rings. The van der Waals surface area contributed by atoms with Gasteiger partial charge in [-0.3, -0.25) is 4.79 Å². The summed E-state index contributed by atoms with van der Waals surface area (Å²) < 4.78 is 16.9. The van der Waals surface area contributed by atoms with Crippen molar-refractivity contribution in [3.05, 3.63) is 66.5 Å². The summed E-state index contributed by atoms with van der Waals surface area (Å²) in [6.45, 7) is -0.474. The van der Waals surface area contributed by atoms with Crippen LogP contribution in [0, 0.1) is 0 Å². The monoisotopic (exact) mass is 381 g/mol. The van der Waals surface area contributed by atoms with Crippen molar-refractivity contribution in [3.8, 4) is 17.2 Å². The fourth-order valence-corrected chi connectivity index (χ4v) is 2.50. The first-order chi connectivity index (χ1) is 13.6. The van der Waals surface area contributed by atoms with Gasteiger partial charge in [-0.1, -0.05) is 30.3 Å². The molecule has 0 aliphatic heterocycles. The molecule has 8 heteroatoms. The van der Waals surface area contributed by atoms with Gasteiger partial charge in [-0.05, 0) is 24.3 Å². The van der Waals surface area contributed by atoms with Crippen LogP contribution in [0.25, 0.3) is 5.69 Å². The molecule has 0 aliphatic rings. The zero-order valence-electron chi connectivity index (χ0n) is 15.4. The highest BCUT2D eigenvalue weighted by Crippen LogP contribution is 2.23. The Labute approximate surface area is 161 Å². The summed E-state index contributed by atoms with van der Waals surface area (Å²) in [6, 6.07) is 16.2. The minimum atomic E-state index is -0.762. The molecule has 2 aromatic carbocycles. The normalized spacial score (nSPS) is 10.2. The minimum Gasteiger partial charge on any atom is -0.495 e. The molecule has 0 bridgehead atoms. The number of esters is 1. The molecule has 1 amide bonds. The predicted molar refractivity (Wildman–Crippen MR) is 102 cm³/mol. The second kappa shape index (κ2) is 8.72. The molecule has 144 valence electrons. The smallest absolute Gasteiger partial charge is 0.363 e. The molecule has 0 saturated heterocycles. The average Bonchev–Trinajstić information content (AvgIpc) is 3.18. The predicted octanol–water partition coefficient (Wildman–Crippen LogP) is 2.69. The molecule has 1 N–H and O–H groups in total. The van der Waals surface area contributed by atoms with Gasteiger partial charge < -0.3 is 19.5 Å². The number of nitrogens with one attached hydrogen (secondary N) is 1. The average molecular weight is 381 g/mol. The first kappa shape index (κ1) is 19.0. The van der Waals surface area contributed by atoms with E-state index in [1.165, 1.54) is 18.9 Å². The quantitative estimate of drug-likeness (QED) is 0.633. The number of hydrogen-bond donors (Lipinski definition) is 1. The maximum atomic E-state index is 12.4. The fourth-order valence-electron chi connectivity index (χ4n) is 2.50. The van der Waals surface area contributed by atoms with Gasteiger partial charge in [-0.2, -0.15) is 5.10 Å². The molecular formula is C20H19N3O5. The van der Waals surface area contributed by atoms with E-state index in [1.54, 1.807) is 30.5 Å². The summed E-state index contributed by atoms with van der Waals surface area (Å²) in [6.07, 6.45) is 1.57. The molecule has 1 aromatic heterocycles. The van der Waals surface area contributed by atoms with Crippen LogP contribution in [0.1, 0.15) is 10.5 Å². The van der Waals surface area contributed by atoms with Crippen LogP contribution in [-0.2, 0) is 9.53 Å². The first-order valence-corrected chi connectivity index (χ1v) is 8.41. The summed E-state index contributed by atoms with van der Waals surface area (Å²) in [5.41, 5.74) is 1.22. The number of hydrogen-bond acceptors (Lipinski definition) is 6. The topological polar surface area (TPSA) is 91.7 Å². The van der Waals surface area contributed by atoms with E-state index in [4.69, 9.17) is 14.2 Å². The maximum absolute atomic E-state index is 12.4. The third-order valence-corrected chi connectivity index (χ3v) is 3.83. The summed E-state index contributed by atoms with van der Waals surface area (Å²) in [4.78, 5) is 24.5. The Morgan fingerprint density at radius 3 is 2.36 bits per heavy atom. The van der Waals surface area contributed by atoms with Crippen molar-refractivity contribution in [2.24, 2.45) is 0 Å². The fraction of sp³-hybridized carbons (Fsp3) is 0.150. The Hall–Kier alpha value is -3.81. The van der Waals surface area contributed by atoms with Gasteiger partial charge in [-0.25, -0.2) is 9.48 Å². The SMILES string of the molecule is COc1ccccc1NC(=O)COC(=O)c1nn(-c2ccccc2)cc1OC. The van der Waals surface area contributed by atoms with E-state index in [2.05, 4.69) is 10.4 Å². The molecule has 1 heterocycles. The zero-order valence-corrected chi connectivity index (χ0v) is 15.4. The van der Waals surface area contributed by atoms with Gasteiger partial charge in [0.25, 0.3) is 5.91 Å². The van der Waals surface area contributed by atoms with E-state index in [0.717, 1.165) is 5.69 Å². The minimum absolute atomic E-state index is 0.0172. The van der Waals surface area contributed by atoms with Crippen LogP contribution in [0.4, 0.5) is 5.69 Å². The van der Waals surface area contributed by atoms with Crippen LogP contribution in [0.2, 0.25) is 0 Å². The van der Waals surface area contributed by atoms with Crippen LogP contribution < -0.4 is 14.8 Å². The second-order valence-corrected chi connectivity index (χ2v) is 5.65. The summed E-state index contributed by atoms with van der Waals surface area (Å²) in [5, 5.41) is 6.84. The standard InChI is InChI=1S/C20H19N3O5/c1-26-16-11-7-6-10-15(16)21-18(24)13-28-20(25)19-17(27-2)12-23(22-19)14-8-4-3-5-9-14/h3-12H,13H2,1-2H3,(H,21,24). The molecule has 8 nitrogen and oxygen atoms in total. The zero-order chi connectivity index (χ0) is 19.9. The Balaban J connectivity index is 1.66. The first-order valence-electron chi connectivity index (χ1n) is 8.41. The highest BCUT2D eigenvalue weighted by Gasteiger charge is 2.21. The highest BCUT2D eigenvalue weighted by atomic mass is 16.5. The van der Waals surface area contributed by atoms with Crippen molar-refractivity contribution >= 4 is 17.6 Å². The molecule has 0 unspecified atom stereocenters. The molecule has 0 spiro atoms. The van der Waals surface area contributed by atoms with Crippen molar-refractivity contribution in [2.75, 3.05) is 26.1 Å². The lowest BCUT2D eigenvalue weighted by Gasteiger charge is -2.09. The van der Waals surface area contributed by atoms with Crippen LogP contribution in [-0.4, -0.2) is 42.5 Å². The van der Waals surface area contributed by atoms with E-state index >= 15 is 0 Å². The van der Waals surface area contributed by atoms with E-state index in [1.807, 2.05) is 30.3 Å². The molecule has 3 rings (SSSR count). The van der Waals surface area contributed by atoms with Gasteiger partial charge in [0, 0.05) is 0 Å². The van der Waals surface area contributed by atoms with Gasteiger partial charge >= 0.3 is 5.97 Å². The van der Waals surface area contributed by atoms with Gasteiger partial charge in [0.05, 0.1) is 31.8 Å². The number of anilines is 1. The molecule has 0 radical (unpaired) electrons. The van der Waals surface area contributed by atoms with Crippen LogP contribution in [0.3, 0.4) is 0 Å². The number of ether oxygens (including phenoxy) is 3. The third-order valence-electron chi connectivity index (χ3n) is 3.83. The number of para-hydroxylation sites is 3. The number of amides is 1. The number of carbonyl (C=O) groups is 2. The summed E-state index contributed by atoms with van der Waals surface area (Å²) in [7, 11) is 2.93. The van der Waals surface area contributed by atoms with Crippen LogP contribution >= 0.6 is 0 Å². The lowest BCUT2D eigenvalue weighted by molar-refractivity contribution is -0.119. The Bertz CT molecular complexity index is 969. The molecular weight excluding hydrogens is 362 g/mol. The summed E-state index contributed by atoms with van der Waals surface area (Å²) >= 11 is 0. The molecule has 0 aliphatic carbocycles. The Kier molecular flexibility index (Phi) is 5.91. The number of rotatable bonds is 7. The van der Waals surface area contributed by atoms with Crippen molar-refractivity contribution in [2.45, 2.75) is 0 Å². The van der Waals surface area contributed by atoms with Crippen molar-refractivity contribution in [1.29, 1.82) is 0 Å². The molecule has 3 aromatic rings. The number of methoxy groups -OCH3 is 2. The van der Waals surface area contributed by atoms with E-state index < -0.39 is 18.5 Å². The van der Waals surface area contributed by atoms with E-state index in [9.17, 15) is 9.59 Å². The Morgan fingerprint density at radius 1 is 0.964 bits per heavy atom. The van der Waals surface area contributed by atoms with Crippen LogP contribution in [0.5, 0.6) is 11.5 Å². The van der Waals surface area contributed by atoms with Crippen molar-refractivity contribution in [3.63, 3.8) is 0 Å². The number of aromatic nitrogens is 2. The van der Waals surface area contributed by atoms with Gasteiger partial charge in [-0.15, -0.1) is 0 Å². The lowest BCUT2D eigenvalue weighted by Crippen LogP contribution is -2.21. The van der Waals surface area contributed by atoms with Crippen molar-refractivity contribution < 1.29 is 23.8 Å². The van der Waals surface area contributed by atoms with E-state index in [-0.39, 0.29) is 11.4 Å². The second-order valence-electron chi connectivity index (χ2n) is 5.65. The molecule has 0 saturated carbocycles. The van der Waals surface area contributed by atoms with Crippen LogP contribution in [0.15, 0.2) is 60.8 Å². The van der Waals surface area contributed by atoms with E-state index in [0.29, 0.717) is 11.4 Å². The largest absolute Gasteiger partial charge is 0.495 e. The van der Waals surface area contributed by atoms with Crippen molar-refractivity contribution in [1.82, 2.24) is 9.78 Å².